The van der Waals surface area contributed by atoms with Crippen molar-refractivity contribution in [3.8, 4) is 0 Å². The molecule has 3 heteroatoms. The van der Waals surface area contributed by atoms with Crippen molar-refractivity contribution in [2.45, 2.75) is 27.2 Å². The maximum atomic E-state index is 13.4. The molecule has 0 heterocycles. The predicted molar refractivity (Wildman–Crippen MR) is 80.1 cm³/mol. The zero-order valence-electron chi connectivity index (χ0n) is 11.3. The van der Waals surface area contributed by atoms with Crippen LogP contribution in [0.2, 0.25) is 0 Å². The summed E-state index contributed by atoms with van der Waals surface area (Å²) < 4.78 is 14.0. The SMILES string of the molecule is CCCNC/C(=C/c1ccc(Br)c(F)c1)C(C)C. The second kappa shape index (κ2) is 7.70. The Bertz CT molecular complexity index is 413. The molecule has 0 atom stereocenters. The third-order valence-electron chi connectivity index (χ3n) is 2.79. The van der Waals surface area contributed by atoms with Crippen LogP contribution in [0.5, 0.6) is 0 Å². The van der Waals surface area contributed by atoms with Crippen LogP contribution in [0.15, 0.2) is 28.2 Å². The molecule has 0 saturated carbocycles. The molecule has 0 aliphatic rings. The molecule has 0 bridgehead atoms. The summed E-state index contributed by atoms with van der Waals surface area (Å²) in [6, 6.07) is 5.24. The fourth-order valence-corrected chi connectivity index (χ4v) is 1.89. The monoisotopic (exact) mass is 313 g/mol. The number of nitrogens with one attached hydrogen (secondary N) is 1. The highest BCUT2D eigenvalue weighted by molar-refractivity contribution is 9.10. The van der Waals surface area contributed by atoms with Crippen molar-refractivity contribution in [2.75, 3.05) is 13.1 Å². The third kappa shape index (κ3) is 4.91. The summed E-state index contributed by atoms with van der Waals surface area (Å²) in [6.07, 6.45) is 3.20. The minimum atomic E-state index is -0.214. The van der Waals surface area contributed by atoms with Gasteiger partial charge in [0.05, 0.1) is 4.47 Å². The lowest BCUT2D eigenvalue weighted by atomic mass is 10.00. The summed E-state index contributed by atoms with van der Waals surface area (Å²) in [5.41, 5.74) is 2.21. The standard InChI is InChI=1S/C15H21BrFN/c1-4-7-18-10-13(11(2)3)8-12-5-6-14(16)15(17)9-12/h5-6,8-9,11,18H,4,7,10H2,1-3H3/b13-8-. The van der Waals surface area contributed by atoms with Gasteiger partial charge in [0.25, 0.3) is 0 Å². The minimum Gasteiger partial charge on any atom is -0.313 e. The van der Waals surface area contributed by atoms with Gasteiger partial charge in [0, 0.05) is 6.54 Å². The lowest BCUT2D eigenvalue weighted by Crippen LogP contribution is -2.19. The minimum absolute atomic E-state index is 0.214. The van der Waals surface area contributed by atoms with Crippen molar-refractivity contribution in [2.24, 2.45) is 5.92 Å². The molecular formula is C15H21BrFN. The molecule has 1 rings (SSSR count). The maximum Gasteiger partial charge on any atom is 0.137 e. The molecule has 0 aliphatic heterocycles. The first kappa shape index (κ1) is 15.4. The Labute approximate surface area is 118 Å². The summed E-state index contributed by atoms with van der Waals surface area (Å²) in [6.45, 7) is 8.35. The number of halogens is 2. The van der Waals surface area contributed by atoms with Crippen LogP contribution in [0, 0.1) is 11.7 Å². The summed E-state index contributed by atoms with van der Waals surface area (Å²) >= 11 is 3.17. The van der Waals surface area contributed by atoms with Crippen LogP contribution in [0.25, 0.3) is 6.08 Å². The Morgan fingerprint density at radius 1 is 1.44 bits per heavy atom. The molecule has 0 fully saturated rings. The van der Waals surface area contributed by atoms with Crippen LogP contribution in [0.1, 0.15) is 32.8 Å². The average molecular weight is 314 g/mol. The second-order valence-corrected chi connectivity index (χ2v) is 5.58. The number of benzene rings is 1. The molecule has 0 spiro atoms. The molecule has 0 saturated heterocycles. The van der Waals surface area contributed by atoms with E-state index in [9.17, 15) is 4.39 Å². The third-order valence-corrected chi connectivity index (χ3v) is 3.44. The molecule has 0 radical (unpaired) electrons. The van der Waals surface area contributed by atoms with E-state index in [0.717, 1.165) is 25.1 Å². The Kier molecular flexibility index (Phi) is 6.58. The van der Waals surface area contributed by atoms with E-state index in [1.807, 2.05) is 6.07 Å². The Morgan fingerprint density at radius 3 is 2.72 bits per heavy atom. The summed E-state index contributed by atoms with van der Waals surface area (Å²) in [4.78, 5) is 0. The van der Waals surface area contributed by atoms with Crippen LogP contribution in [0.4, 0.5) is 4.39 Å². The van der Waals surface area contributed by atoms with Gasteiger partial charge in [0.2, 0.25) is 0 Å². The van der Waals surface area contributed by atoms with Crippen LogP contribution in [0.3, 0.4) is 0 Å². The zero-order chi connectivity index (χ0) is 13.5. The van der Waals surface area contributed by atoms with E-state index in [2.05, 4.69) is 48.1 Å². The van der Waals surface area contributed by atoms with E-state index in [4.69, 9.17) is 0 Å². The van der Waals surface area contributed by atoms with Crippen molar-refractivity contribution >= 4 is 22.0 Å². The number of hydrogen-bond acceptors (Lipinski definition) is 1. The lowest BCUT2D eigenvalue weighted by molar-refractivity contribution is 0.620. The molecule has 18 heavy (non-hydrogen) atoms. The quantitative estimate of drug-likeness (QED) is 0.755. The van der Waals surface area contributed by atoms with Gasteiger partial charge in [-0.3, -0.25) is 0 Å². The van der Waals surface area contributed by atoms with E-state index in [1.54, 1.807) is 12.1 Å². The van der Waals surface area contributed by atoms with E-state index < -0.39 is 0 Å². The highest BCUT2D eigenvalue weighted by atomic mass is 79.9. The second-order valence-electron chi connectivity index (χ2n) is 4.72. The number of rotatable bonds is 6. The summed E-state index contributed by atoms with van der Waals surface area (Å²) in [7, 11) is 0. The van der Waals surface area contributed by atoms with Crippen molar-refractivity contribution in [1.82, 2.24) is 5.32 Å². The topological polar surface area (TPSA) is 12.0 Å². The molecule has 0 amide bonds. The van der Waals surface area contributed by atoms with Crippen molar-refractivity contribution in [3.63, 3.8) is 0 Å². The Balaban J connectivity index is 2.83. The smallest absolute Gasteiger partial charge is 0.137 e. The molecule has 1 aromatic carbocycles. The van der Waals surface area contributed by atoms with Gasteiger partial charge in [0.1, 0.15) is 5.82 Å². The first-order chi connectivity index (χ1) is 8.54. The van der Waals surface area contributed by atoms with Gasteiger partial charge < -0.3 is 5.32 Å². The lowest BCUT2D eigenvalue weighted by Gasteiger charge is -2.12. The fraction of sp³-hybridized carbons (Fsp3) is 0.467. The molecular weight excluding hydrogens is 293 g/mol. The first-order valence-electron chi connectivity index (χ1n) is 6.40. The van der Waals surface area contributed by atoms with E-state index in [1.165, 1.54) is 5.57 Å². The van der Waals surface area contributed by atoms with Crippen LogP contribution in [-0.2, 0) is 0 Å². The van der Waals surface area contributed by atoms with Crippen LogP contribution >= 0.6 is 15.9 Å². The fourth-order valence-electron chi connectivity index (χ4n) is 1.65. The van der Waals surface area contributed by atoms with Gasteiger partial charge in [0.15, 0.2) is 0 Å². The number of hydrogen-bond donors (Lipinski definition) is 1. The largest absolute Gasteiger partial charge is 0.313 e. The van der Waals surface area contributed by atoms with Crippen molar-refractivity contribution in [3.05, 3.63) is 39.6 Å². The van der Waals surface area contributed by atoms with E-state index in [0.29, 0.717) is 10.4 Å². The van der Waals surface area contributed by atoms with Crippen LogP contribution in [-0.4, -0.2) is 13.1 Å². The maximum absolute atomic E-state index is 13.4. The first-order valence-corrected chi connectivity index (χ1v) is 7.20. The summed E-state index contributed by atoms with van der Waals surface area (Å²) in [5.74, 6) is 0.245. The Morgan fingerprint density at radius 2 is 2.17 bits per heavy atom. The van der Waals surface area contributed by atoms with Crippen molar-refractivity contribution < 1.29 is 4.39 Å². The van der Waals surface area contributed by atoms with Gasteiger partial charge >= 0.3 is 0 Å². The van der Waals surface area contributed by atoms with Gasteiger partial charge in [-0.15, -0.1) is 0 Å². The zero-order valence-corrected chi connectivity index (χ0v) is 12.8. The molecule has 1 nitrogen and oxygen atoms in total. The molecule has 100 valence electrons. The molecule has 1 N–H and O–H groups in total. The highest BCUT2D eigenvalue weighted by Gasteiger charge is 2.04. The molecule has 0 aliphatic carbocycles. The predicted octanol–water partition coefficient (Wildman–Crippen LogP) is 4.63. The van der Waals surface area contributed by atoms with Gasteiger partial charge in [-0.2, -0.15) is 0 Å². The molecule has 0 unspecified atom stereocenters. The van der Waals surface area contributed by atoms with E-state index >= 15 is 0 Å². The highest BCUT2D eigenvalue weighted by Crippen LogP contribution is 2.20. The normalized spacial score (nSPS) is 12.2. The van der Waals surface area contributed by atoms with Gasteiger partial charge in [-0.05, 0) is 52.5 Å². The van der Waals surface area contributed by atoms with E-state index in [-0.39, 0.29) is 5.82 Å². The van der Waals surface area contributed by atoms with Gasteiger partial charge in [-0.25, -0.2) is 4.39 Å². The summed E-state index contributed by atoms with van der Waals surface area (Å²) in [5, 5.41) is 3.39. The van der Waals surface area contributed by atoms with Gasteiger partial charge in [-0.1, -0.05) is 38.5 Å². The average Bonchev–Trinajstić information content (AvgIpc) is 2.32. The van der Waals surface area contributed by atoms with Crippen molar-refractivity contribution in [1.29, 1.82) is 0 Å². The molecule has 0 aromatic heterocycles. The van der Waals surface area contributed by atoms with Crippen LogP contribution < -0.4 is 5.32 Å². The molecule has 1 aromatic rings. The Hall–Kier alpha value is -0.670.